The van der Waals surface area contributed by atoms with Crippen LogP contribution in [0.2, 0.25) is 88.1 Å². The van der Waals surface area contributed by atoms with Gasteiger partial charge in [-0.25, -0.2) is 0 Å². The van der Waals surface area contributed by atoms with E-state index in [0.29, 0.717) is 13.2 Å². The van der Waals surface area contributed by atoms with Gasteiger partial charge < -0.3 is 67.8 Å². The molecule has 6 atom stereocenters. The van der Waals surface area contributed by atoms with Crippen molar-refractivity contribution in [2.75, 3.05) is 151 Å². The standard InChI is InChI=1S/C60H143N7O8Si7/c1-24-61(25-2)47-40-54-76(17,68-38-15)70-78(19,56-42-49-63(28-5)29-6)72-80(21,58-44-51-65(32-9)33-10)74-82(23,60-46-53-67(36-13)37-14)75-81(22,59-45-52-66(34-11)35-12)73-79(20,57-43-50-64(30-7)31-8)71-77(18,69-39-16)55-41-48-62(26-3)27-4/h24-60H2,1-23H3. The predicted molar refractivity (Wildman–Crippen MR) is 372 cm³/mol. The molecule has 0 aromatic heterocycles. The third-order valence-electron chi connectivity index (χ3n) is 17.5. The Kier molecular flexibility index (Phi) is 45.7. The van der Waals surface area contributed by atoms with Gasteiger partial charge in [0.1, 0.15) is 0 Å². The van der Waals surface area contributed by atoms with E-state index >= 15 is 0 Å². The summed E-state index contributed by atoms with van der Waals surface area (Å²) in [5.41, 5.74) is 0. The van der Waals surface area contributed by atoms with Gasteiger partial charge in [-0.3, -0.25) is 0 Å². The molecule has 0 aromatic rings. The van der Waals surface area contributed by atoms with Crippen LogP contribution in [0.5, 0.6) is 0 Å². The fourth-order valence-corrected chi connectivity index (χ4v) is 49.5. The first-order chi connectivity index (χ1) is 38.8. The van der Waals surface area contributed by atoms with Crippen LogP contribution in [0.3, 0.4) is 0 Å². The van der Waals surface area contributed by atoms with Gasteiger partial charge in [0.15, 0.2) is 0 Å². The van der Waals surface area contributed by atoms with Gasteiger partial charge >= 0.3 is 59.9 Å². The molecule has 0 spiro atoms. The van der Waals surface area contributed by atoms with Crippen LogP contribution < -0.4 is 0 Å². The molecule has 0 aliphatic carbocycles. The second kappa shape index (κ2) is 45.2. The van der Waals surface area contributed by atoms with Gasteiger partial charge in [-0.1, -0.05) is 96.9 Å². The van der Waals surface area contributed by atoms with E-state index in [1.54, 1.807) is 0 Å². The molecule has 0 aliphatic rings. The fraction of sp³-hybridized carbons (Fsp3) is 1.00. The summed E-state index contributed by atoms with van der Waals surface area (Å²) in [4.78, 5) is 17.8. The second-order valence-corrected chi connectivity index (χ2v) is 49.2. The molecule has 0 rings (SSSR count). The van der Waals surface area contributed by atoms with E-state index in [4.69, 9.17) is 33.5 Å². The Bertz CT molecular complexity index is 1440. The van der Waals surface area contributed by atoms with Gasteiger partial charge in [0.25, 0.3) is 0 Å². The molecular formula is C60H143N7O8Si7. The summed E-state index contributed by atoms with van der Waals surface area (Å²) in [6, 6.07) is 6.28. The summed E-state index contributed by atoms with van der Waals surface area (Å²) < 4.78 is 62.2. The van der Waals surface area contributed by atoms with Crippen molar-refractivity contribution in [3.05, 3.63) is 0 Å². The molecule has 0 saturated carbocycles. The van der Waals surface area contributed by atoms with Crippen molar-refractivity contribution < 1.29 is 33.5 Å². The van der Waals surface area contributed by atoms with E-state index in [0.717, 1.165) is 225 Å². The maximum Gasteiger partial charge on any atom is 0.326 e. The molecule has 22 heteroatoms. The minimum absolute atomic E-state index is 0.639. The lowest BCUT2D eigenvalue weighted by Gasteiger charge is -2.48. The van der Waals surface area contributed by atoms with Crippen LogP contribution in [0.1, 0.15) is 156 Å². The highest BCUT2D eigenvalue weighted by Crippen LogP contribution is 2.38. The maximum absolute atomic E-state index is 8.26. The lowest BCUT2D eigenvalue weighted by Crippen LogP contribution is -2.64. The van der Waals surface area contributed by atoms with Gasteiger partial charge in [-0.05, 0) is 284 Å². The lowest BCUT2D eigenvalue weighted by molar-refractivity contribution is 0.206. The molecule has 15 nitrogen and oxygen atoms in total. The maximum atomic E-state index is 8.26. The van der Waals surface area contributed by atoms with Gasteiger partial charge in [0.05, 0.1) is 0 Å². The highest BCUT2D eigenvalue weighted by Gasteiger charge is 2.55. The molecule has 0 bridgehead atoms. The third-order valence-corrected chi connectivity index (χ3v) is 48.8. The molecule has 0 N–H and O–H groups in total. The molecule has 0 heterocycles. The van der Waals surface area contributed by atoms with Crippen molar-refractivity contribution in [1.29, 1.82) is 0 Å². The topological polar surface area (TPSA) is 96.5 Å². The second-order valence-electron chi connectivity index (χ2n) is 24.3. The van der Waals surface area contributed by atoms with Crippen molar-refractivity contribution in [2.24, 2.45) is 0 Å². The Hall–Kier alpha value is 0.918. The number of hydrogen-bond donors (Lipinski definition) is 0. The molecule has 0 aliphatic heterocycles. The summed E-state index contributed by atoms with van der Waals surface area (Å²) in [7, 11) is -20.8. The van der Waals surface area contributed by atoms with E-state index in [1.165, 1.54) is 0 Å². The van der Waals surface area contributed by atoms with Crippen LogP contribution in [0.25, 0.3) is 0 Å². The Labute approximate surface area is 519 Å². The molecule has 0 saturated heterocycles. The van der Waals surface area contributed by atoms with Crippen molar-refractivity contribution in [1.82, 2.24) is 34.3 Å². The highest BCUT2D eigenvalue weighted by atomic mass is 28.5. The number of nitrogens with zero attached hydrogens (tertiary/aromatic N) is 7. The monoisotopic (exact) mass is 1290 g/mol. The zero-order valence-electron chi connectivity index (χ0n) is 59.1. The van der Waals surface area contributed by atoms with Crippen LogP contribution in [-0.2, 0) is 33.5 Å². The summed E-state index contributed by atoms with van der Waals surface area (Å²) in [5.74, 6) is 0. The minimum Gasteiger partial charge on any atom is -0.416 e. The first kappa shape index (κ1) is 82.9. The molecule has 0 fully saturated rings. The highest BCUT2D eigenvalue weighted by molar-refractivity contribution is 6.92. The lowest BCUT2D eigenvalue weighted by atomic mass is 10.4. The third kappa shape index (κ3) is 34.8. The Morgan fingerprint density at radius 3 is 0.439 bits per heavy atom. The first-order valence-corrected chi connectivity index (χ1v) is 52.0. The van der Waals surface area contributed by atoms with Crippen molar-refractivity contribution >= 4 is 59.9 Å². The normalized spacial score (nSPS) is 17.9. The molecule has 82 heavy (non-hydrogen) atoms. The minimum atomic E-state index is -3.17. The van der Waals surface area contributed by atoms with Crippen LogP contribution in [0.15, 0.2) is 0 Å². The summed E-state index contributed by atoms with van der Waals surface area (Å²) in [6.45, 7) is 75.8. The Balaban J connectivity index is 8.44. The van der Waals surface area contributed by atoms with E-state index in [9.17, 15) is 0 Å². The summed E-state index contributed by atoms with van der Waals surface area (Å²) in [6.07, 6.45) is 7.12. The molecule has 0 aromatic carbocycles. The SMILES string of the molecule is CCO[Si](C)(CCCN(CC)CC)O[Si](C)(CCCN(CC)CC)O[Si](C)(CCCN(CC)CC)O[Si](C)(CCCN(CC)CC)O[Si](C)(CCCN(CC)CC)O[Si](C)(CCCN(CC)CC)O[Si](C)(CCCN(CC)CC)OCC. The molecule has 6 unspecified atom stereocenters. The fourth-order valence-electron chi connectivity index (χ4n) is 12.4. The predicted octanol–water partition coefficient (Wildman–Crippen LogP) is 13.8. The zero-order valence-corrected chi connectivity index (χ0v) is 66.1. The Morgan fingerprint density at radius 2 is 0.317 bits per heavy atom. The van der Waals surface area contributed by atoms with Crippen LogP contribution in [0, 0.1) is 0 Å². The summed E-state index contributed by atoms with van der Waals surface area (Å²) in [5, 5.41) is 0. The van der Waals surface area contributed by atoms with Gasteiger partial charge in [-0.2, -0.15) is 0 Å². The van der Waals surface area contributed by atoms with Gasteiger partial charge in [0.2, 0.25) is 0 Å². The molecule has 0 amide bonds. The average molecular weight is 1290 g/mol. The molecule has 494 valence electrons. The average Bonchev–Trinajstić information content (AvgIpc) is 3.45. The van der Waals surface area contributed by atoms with Crippen molar-refractivity contribution in [3.8, 4) is 0 Å². The number of rotatable bonds is 58. The van der Waals surface area contributed by atoms with Crippen LogP contribution >= 0.6 is 0 Å². The van der Waals surface area contributed by atoms with E-state index in [1.807, 2.05) is 0 Å². The van der Waals surface area contributed by atoms with Gasteiger partial charge in [-0.15, -0.1) is 0 Å². The molecular weight excluding hydrogens is 1140 g/mol. The first-order valence-electron chi connectivity index (χ1n) is 34.4. The smallest absolute Gasteiger partial charge is 0.326 e. The molecule has 0 radical (unpaired) electrons. The number of hydrogen-bond acceptors (Lipinski definition) is 15. The van der Waals surface area contributed by atoms with Gasteiger partial charge in [0, 0.05) is 13.2 Å². The van der Waals surface area contributed by atoms with Crippen molar-refractivity contribution in [3.63, 3.8) is 0 Å². The quantitative estimate of drug-likeness (QED) is 0.0540. The van der Waals surface area contributed by atoms with Crippen molar-refractivity contribution in [2.45, 2.75) is 244 Å². The summed E-state index contributed by atoms with van der Waals surface area (Å²) >= 11 is 0. The largest absolute Gasteiger partial charge is 0.416 e. The van der Waals surface area contributed by atoms with E-state index < -0.39 is 59.9 Å². The van der Waals surface area contributed by atoms with Crippen LogP contribution in [0.4, 0.5) is 0 Å². The van der Waals surface area contributed by atoms with Crippen LogP contribution in [-0.4, -0.2) is 245 Å². The Morgan fingerprint density at radius 1 is 0.195 bits per heavy atom. The van der Waals surface area contributed by atoms with E-state index in [-0.39, 0.29) is 0 Å². The van der Waals surface area contributed by atoms with E-state index in [2.05, 4.69) is 191 Å². The zero-order chi connectivity index (χ0) is 62.4.